The van der Waals surface area contributed by atoms with Crippen LogP contribution in [0.2, 0.25) is 0 Å². The summed E-state index contributed by atoms with van der Waals surface area (Å²) in [6.07, 6.45) is 2.73. The Bertz CT molecular complexity index is 692. The van der Waals surface area contributed by atoms with Crippen LogP contribution in [-0.2, 0) is 16.1 Å². The molecule has 0 unspecified atom stereocenters. The number of nitrogens with zero attached hydrogens (tertiary/aromatic N) is 4. The molecule has 2 heterocycles. The number of rotatable bonds is 6. The second-order valence-corrected chi connectivity index (χ2v) is 6.70. The van der Waals surface area contributed by atoms with E-state index in [-0.39, 0.29) is 17.8 Å². The molecule has 1 fully saturated rings. The molecule has 1 aliphatic heterocycles. The number of carbonyl (C=O) groups excluding carboxylic acids is 1. The van der Waals surface area contributed by atoms with Crippen molar-refractivity contribution in [1.82, 2.24) is 19.9 Å². The Hall–Kier alpha value is -1.93. The molecule has 0 aliphatic carbocycles. The first-order valence-corrected chi connectivity index (χ1v) is 8.70. The number of ether oxygens (including phenoxy) is 1. The van der Waals surface area contributed by atoms with Gasteiger partial charge in [-0.15, -0.1) is 16.9 Å². The van der Waals surface area contributed by atoms with Crippen molar-refractivity contribution in [3.05, 3.63) is 42.0 Å². The summed E-state index contributed by atoms with van der Waals surface area (Å²) in [6.45, 7) is 1.79. The summed E-state index contributed by atoms with van der Waals surface area (Å²) in [5, 5.41) is 8.17. The maximum absolute atomic E-state index is 12.9. The lowest BCUT2D eigenvalue weighted by Gasteiger charge is -2.16. The number of hydrogen-bond acceptors (Lipinski definition) is 5. The topological polar surface area (TPSA) is 60.2 Å². The van der Waals surface area contributed by atoms with Crippen molar-refractivity contribution < 1.29 is 13.9 Å². The lowest BCUT2D eigenvalue weighted by Crippen LogP contribution is -2.30. The monoisotopic (exact) mass is 350 g/mol. The maximum atomic E-state index is 12.9. The van der Waals surface area contributed by atoms with Crippen LogP contribution in [-0.4, -0.2) is 51.8 Å². The third-order valence-corrected chi connectivity index (χ3v) is 4.91. The quantitative estimate of drug-likeness (QED) is 0.747. The first-order chi connectivity index (χ1) is 11.7. The Balaban J connectivity index is 1.50. The van der Waals surface area contributed by atoms with Crippen molar-refractivity contribution in [2.75, 3.05) is 26.0 Å². The van der Waals surface area contributed by atoms with Crippen molar-refractivity contribution in [2.45, 2.75) is 24.0 Å². The number of aromatic nitrogens is 3. The largest absolute Gasteiger partial charge is 0.378 e. The Morgan fingerprint density at radius 1 is 1.42 bits per heavy atom. The van der Waals surface area contributed by atoms with E-state index in [0.29, 0.717) is 25.4 Å². The van der Waals surface area contributed by atoms with E-state index >= 15 is 0 Å². The van der Waals surface area contributed by atoms with E-state index in [1.54, 1.807) is 19.2 Å². The highest BCUT2D eigenvalue weighted by Crippen LogP contribution is 2.24. The zero-order chi connectivity index (χ0) is 16.9. The van der Waals surface area contributed by atoms with E-state index in [9.17, 15) is 9.18 Å². The van der Waals surface area contributed by atoms with Crippen LogP contribution in [0.3, 0.4) is 0 Å². The molecular formula is C16H19FN4O2S. The van der Waals surface area contributed by atoms with Gasteiger partial charge in [0.05, 0.1) is 24.6 Å². The molecule has 1 atom stereocenters. The van der Waals surface area contributed by atoms with Gasteiger partial charge in [0.2, 0.25) is 5.91 Å². The van der Waals surface area contributed by atoms with Crippen LogP contribution < -0.4 is 0 Å². The highest BCUT2D eigenvalue weighted by molar-refractivity contribution is 8.00. The molecule has 0 N–H and O–H groups in total. The van der Waals surface area contributed by atoms with Crippen molar-refractivity contribution >= 4 is 17.7 Å². The molecule has 0 saturated carbocycles. The van der Waals surface area contributed by atoms with E-state index < -0.39 is 0 Å². The van der Waals surface area contributed by atoms with E-state index in [1.807, 2.05) is 15.8 Å². The Labute approximate surface area is 144 Å². The van der Waals surface area contributed by atoms with Gasteiger partial charge in [-0.25, -0.2) is 9.07 Å². The molecule has 1 saturated heterocycles. The van der Waals surface area contributed by atoms with Gasteiger partial charge < -0.3 is 9.64 Å². The van der Waals surface area contributed by atoms with Crippen molar-refractivity contribution in [2.24, 2.45) is 0 Å². The first kappa shape index (κ1) is 16.9. The second kappa shape index (κ2) is 7.76. The van der Waals surface area contributed by atoms with Crippen LogP contribution in [0, 0.1) is 5.82 Å². The molecule has 24 heavy (non-hydrogen) atoms. The molecule has 1 aromatic heterocycles. The van der Waals surface area contributed by atoms with Gasteiger partial charge in [-0.2, -0.15) is 0 Å². The molecule has 128 valence electrons. The number of thioether (sulfide) groups is 1. The number of benzene rings is 1. The van der Waals surface area contributed by atoms with Gasteiger partial charge in [0.1, 0.15) is 11.5 Å². The summed E-state index contributed by atoms with van der Waals surface area (Å²) in [5.74, 6) is 0.169. The van der Waals surface area contributed by atoms with Gasteiger partial charge >= 0.3 is 0 Å². The van der Waals surface area contributed by atoms with Crippen LogP contribution in [0.5, 0.6) is 0 Å². The number of hydrogen-bond donors (Lipinski definition) is 0. The van der Waals surface area contributed by atoms with Crippen LogP contribution in [0.25, 0.3) is 0 Å². The molecule has 1 amide bonds. The molecule has 0 bridgehead atoms. The lowest BCUT2D eigenvalue weighted by molar-refractivity contribution is -0.127. The van der Waals surface area contributed by atoms with Crippen LogP contribution in [0.15, 0.2) is 35.4 Å². The molecule has 0 spiro atoms. The lowest BCUT2D eigenvalue weighted by atomic mass is 10.3. The highest BCUT2D eigenvalue weighted by Gasteiger charge is 2.28. The van der Waals surface area contributed by atoms with Gasteiger partial charge in [0, 0.05) is 25.1 Å². The number of amides is 1. The van der Waals surface area contributed by atoms with Crippen molar-refractivity contribution in [1.29, 1.82) is 0 Å². The number of likely N-dealkylation sites (tertiary alicyclic amines) is 1. The van der Waals surface area contributed by atoms with Crippen molar-refractivity contribution in [3.63, 3.8) is 0 Å². The molecule has 0 radical (unpaired) electrons. The van der Waals surface area contributed by atoms with E-state index in [0.717, 1.165) is 17.0 Å². The van der Waals surface area contributed by atoms with Gasteiger partial charge in [-0.3, -0.25) is 4.79 Å². The van der Waals surface area contributed by atoms with Crippen LogP contribution >= 0.6 is 11.8 Å². The summed E-state index contributed by atoms with van der Waals surface area (Å²) in [4.78, 5) is 15.1. The predicted octanol–water partition coefficient (Wildman–Crippen LogP) is 2.13. The SMILES string of the molecule is COCc1cn([C@H]2CCN(C(=O)CSc3ccc(F)cc3)C2)nn1. The summed E-state index contributed by atoms with van der Waals surface area (Å²) in [5.41, 5.74) is 0.786. The van der Waals surface area contributed by atoms with Gasteiger partial charge in [-0.05, 0) is 30.7 Å². The molecule has 6 nitrogen and oxygen atoms in total. The third-order valence-electron chi connectivity index (χ3n) is 3.92. The number of methoxy groups -OCH3 is 1. The average molecular weight is 350 g/mol. The van der Waals surface area contributed by atoms with Gasteiger partial charge in [0.15, 0.2) is 0 Å². The molecule has 3 rings (SSSR count). The minimum Gasteiger partial charge on any atom is -0.378 e. The maximum Gasteiger partial charge on any atom is 0.233 e. The standard InChI is InChI=1S/C16H19FN4O2S/c1-23-10-13-8-21(19-18-13)14-6-7-20(9-14)16(22)11-24-15-4-2-12(17)3-5-15/h2-5,8,14H,6-7,9-11H2,1H3/t14-/m0/s1. The summed E-state index contributed by atoms with van der Waals surface area (Å²) >= 11 is 1.42. The van der Waals surface area contributed by atoms with Gasteiger partial charge in [0.25, 0.3) is 0 Å². The fraction of sp³-hybridized carbons (Fsp3) is 0.438. The minimum atomic E-state index is -0.270. The molecular weight excluding hydrogens is 331 g/mol. The normalized spacial score (nSPS) is 17.4. The van der Waals surface area contributed by atoms with Crippen molar-refractivity contribution in [3.8, 4) is 0 Å². The first-order valence-electron chi connectivity index (χ1n) is 7.71. The minimum absolute atomic E-state index is 0.0871. The van der Waals surface area contributed by atoms with Gasteiger partial charge in [-0.1, -0.05) is 5.21 Å². The zero-order valence-corrected chi connectivity index (χ0v) is 14.2. The third kappa shape index (κ3) is 4.12. The summed E-state index contributed by atoms with van der Waals surface area (Å²) in [7, 11) is 1.62. The smallest absolute Gasteiger partial charge is 0.233 e. The number of halogens is 1. The number of carbonyl (C=O) groups is 1. The average Bonchev–Trinajstić information content (AvgIpc) is 3.23. The second-order valence-electron chi connectivity index (χ2n) is 5.65. The van der Waals surface area contributed by atoms with E-state index in [1.165, 1.54) is 23.9 Å². The zero-order valence-electron chi connectivity index (χ0n) is 13.4. The summed E-state index contributed by atoms with van der Waals surface area (Å²) in [6, 6.07) is 6.34. The Morgan fingerprint density at radius 2 is 2.21 bits per heavy atom. The van der Waals surface area contributed by atoms with Crippen LogP contribution in [0.4, 0.5) is 4.39 Å². The summed E-state index contributed by atoms with van der Waals surface area (Å²) < 4.78 is 19.7. The van der Waals surface area contributed by atoms with E-state index in [2.05, 4.69) is 10.3 Å². The Morgan fingerprint density at radius 3 is 2.96 bits per heavy atom. The molecule has 1 aromatic carbocycles. The fourth-order valence-corrected chi connectivity index (χ4v) is 3.46. The highest BCUT2D eigenvalue weighted by atomic mass is 32.2. The Kier molecular flexibility index (Phi) is 5.47. The fourth-order valence-electron chi connectivity index (χ4n) is 2.66. The van der Waals surface area contributed by atoms with E-state index in [4.69, 9.17) is 4.74 Å². The molecule has 8 heteroatoms. The molecule has 1 aliphatic rings. The van der Waals surface area contributed by atoms with Crippen LogP contribution in [0.1, 0.15) is 18.2 Å². The molecule has 2 aromatic rings. The predicted molar refractivity (Wildman–Crippen MR) is 88.1 cm³/mol.